The number of rotatable bonds is 16. The fourth-order valence-electron chi connectivity index (χ4n) is 7.88. The third-order valence-electron chi connectivity index (χ3n) is 11.0. The van der Waals surface area contributed by atoms with Gasteiger partial charge in [0.1, 0.15) is 36.2 Å². The van der Waals surface area contributed by atoms with Gasteiger partial charge in [-0.2, -0.15) is 25.3 Å². The molecule has 0 fully saturated rings. The topological polar surface area (TPSA) is 298 Å². The molecule has 4 aliphatic carbocycles. The number of esters is 1. The van der Waals surface area contributed by atoms with Crippen molar-refractivity contribution in [3.8, 4) is 23.0 Å². The molecule has 4 aliphatic rings. The van der Waals surface area contributed by atoms with Crippen molar-refractivity contribution in [2.45, 2.75) is 65.7 Å². The zero-order valence-electron chi connectivity index (χ0n) is 43.6. The first-order valence-corrected chi connectivity index (χ1v) is 22.2. The quantitative estimate of drug-likeness (QED) is 0.0774. The van der Waals surface area contributed by atoms with Gasteiger partial charge in [-0.15, -0.1) is 0 Å². The molecule has 78 heavy (non-hydrogen) atoms. The van der Waals surface area contributed by atoms with Crippen LogP contribution in [0.25, 0.3) is 0 Å². The molecule has 8 rings (SSSR count). The number of fused-ring (bicyclic) bond motifs is 4. The second-order valence-corrected chi connectivity index (χ2v) is 15.8. The van der Waals surface area contributed by atoms with Crippen molar-refractivity contribution in [3.63, 3.8) is 0 Å². The van der Waals surface area contributed by atoms with E-state index in [0.717, 1.165) is 29.2 Å². The standard InChI is InChI=1S/C28H27O7.C24H18FO6.2CO2.CH4.FH.Mg.H3N.2Na.H/c1-3-17-11-18-7-5-9-24(26(18)22(30)12-17)34-15-21(29)16-35-25-10-6-8-19-13-20(28(32)33-4-2)14-23(31)27(19)25;25-17(12-30-20-8-2-5-14-4-1-7-18(26)22(14)20)13-31-21-9-3-6-15-10-16(24(28)29)11-19(27)23(15)21;2*2-1-3;;;;;;;/h5-10,12,14,21H,3-4,11,13,15-16H2,1-2H3;2-3,5-9,11,17H,4,10,12-13H2,(H,28,29);;;1H4;1H;;1H3;;;/q2*-1;;;;;+2;;2*+1;-1/p-1/i;25-1;;;;1-1;;;;;. The van der Waals surface area contributed by atoms with Crippen LogP contribution in [-0.2, 0) is 59.2 Å². The van der Waals surface area contributed by atoms with E-state index in [1.54, 1.807) is 67.6 Å². The number of aliphatic carboxylic acids is 1. The molecule has 3 N–H and O–H groups in total. The van der Waals surface area contributed by atoms with Crippen molar-refractivity contribution in [1.29, 1.82) is 0 Å². The maximum Gasteiger partial charge on any atom is 2.00 e. The largest absolute Gasteiger partial charge is 2.00 e. The van der Waals surface area contributed by atoms with E-state index in [1.807, 2.05) is 19.1 Å². The van der Waals surface area contributed by atoms with Gasteiger partial charge in [0.15, 0.2) is 23.5 Å². The van der Waals surface area contributed by atoms with E-state index in [-0.39, 0.29) is 200 Å². The molecule has 0 heterocycles. The van der Waals surface area contributed by atoms with Gasteiger partial charge in [0.2, 0.25) is 0 Å². The van der Waals surface area contributed by atoms with Gasteiger partial charge in [0.05, 0.1) is 42.5 Å². The van der Waals surface area contributed by atoms with Crippen molar-refractivity contribution < 1.29 is 151 Å². The first-order chi connectivity index (χ1) is 34.7. The third-order valence-corrected chi connectivity index (χ3v) is 11.0. The van der Waals surface area contributed by atoms with Crippen LogP contribution in [0.3, 0.4) is 0 Å². The van der Waals surface area contributed by atoms with Gasteiger partial charge in [0.25, 0.3) is 0 Å². The Morgan fingerprint density at radius 3 is 1.42 bits per heavy atom. The number of ether oxygens (including phenoxy) is 5. The Kier molecular flexibility index (Phi) is 35.1. The summed E-state index contributed by atoms with van der Waals surface area (Å²) in [6.45, 7) is 2.82. The van der Waals surface area contributed by atoms with Crippen molar-refractivity contribution in [3.05, 3.63) is 164 Å². The Labute approximate surface area is 510 Å². The van der Waals surface area contributed by atoms with Crippen LogP contribution >= 0.6 is 0 Å². The predicted octanol–water partition coefficient (Wildman–Crippen LogP) is -1.30. The Hall–Kier alpha value is -6.03. The van der Waals surface area contributed by atoms with Crippen LogP contribution in [0.2, 0.25) is 0 Å². The SMILES string of the molecule is C.CCOC(=O)C1=CC(=O)c2c(cccc2OCC([O-])COc2cccc3c2C(=O)C=C(CC)C3)C1.N.O=C([O-])C1=CC(=O)c2c(cccc2OCC([18F])COc2cccc3c2C(=O)C=[C-]C3)C1.O=C=O.O=C=O.[18FH].[H-].[Mg+2].[Na+].[Na+]. The molecule has 398 valence electrons. The molecule has 0 saturated heterocycles. The molecule has 0 spiro atoms. The summed E-state index contributed by atoms with van der Waals surface area (Å²) in [5.41, 5.74) is 5.52. The maximum atomic E-state index is 14.5. The molecule has 23 heteroatoms. The summed E-state index contributed by atoms with van der Waals surface area (Å²) in [5, 5.41) is 23.6. The molecule has 2 unspecified atom stereocenters. The normalized spacial score (nSPS) is 13.3. The van der Waals surface area contributed by atoms with Gasteiger partial charge in [-0.25, -0.2) is 9.18 Å². The van der Waals surface area contributed by atoms with E-state index in [9.17, 15) is 43.4 Å². The number of carbonyl (C=O) groups is 6. The van der Waals surface area contributed by atoms with Crippen molar-refractivity contribution in [1.82, 2.24) is 6.15 Å². The van der Waals surface area contributed by atoms with E-state index in [2.05, 4.69) is 6.08 Å². The molecular weight excluding hydrogens is 1050 g/mol. The minimum Gasteiger partial charge on any atom is -1.00 e. The molecule has 18 nitrogen and oxygen atoms in total. The third kappa shape index (κ3) is 20.0. The number of benzene rings is 4. The van der Waals surface area contributed by atoms with Gasteiger partial charge in [-0.3, -0.25) is 25.2 Å². The number of carboxylic acids is 1. The Morgan fingerprint density at radius 1 is 0.628 bits per heavy atom. The van der Waals surface area contributed by atoms with Crippen LogP contribution in [0, 0.1) is 6.08 Å². The maximum absolute atomic E-state index is 14.5. The molecule has 0 aromatic heterocycles. The van der Waals surface area contributed by atoms with E-state index in [0.29, 0.717) is 57.7 Å². The molecule has 4 aromatic carbocycles. The van der Waals surface area contributed by atoms with Crippen molar-refractivity contribution in [2.75, 3.05) is 33.0 Å². The van der Waals surface area contributed by atoms with E-state index in [1.165, 1.54) is 18.2 Å². The van der Waals surface area contributed by atoms with Crippen LogP contribution in [0.15, 0.2) is 114 Å². The zero-order valence-corrected chi connectivity index (χ0v) is 48.0. The van der Waals surface area contributed by atoms with Gasteiger partial charge in [0, 0.05) is 24.2 Å². The number of alkyl halides is 1. The van der Waals surface area contributed by atoms with Crippen molar-refractivity contribution >= 4 is 70.4 Å². The smallest absolute Gasteiger partial charge is 1.00 e. The predicted molar refractivity (Wildman–Crippen MR) is 264 cm³/mol. The first kappa shape index (κ1) is 74.0. The average molecular weight is 1110 g/mol. The fraction of sp³-hybridized carbons (Fsp3) is 0.273. The van der Waals surface area contributed by atoms with Gasteiger partial charge in [-0.1, -0.05) is 86.5 Å². The minimum atomic E-state index is -1.53. The molecule has 2 atom stereocenters. The molecular formula is C55H53F2MgNNa2O17. The second kappa shape index (κ2) is 36.9. The molecule has 0 bridgehead atoms. The molecule has 0 amide bonds. The number of carboxylic acid groups (broad SMARTS) is 1. The van der Waals surface area contributed by atoms with Crippen LogP contribution in [0.4, 0.5) is 9.09 Å². The van der Waals surface area contributed by atoms with Crippen LogP contribution in [0.1, 0.15) is 92.8 Å². The van der Waals surface area contributed by atoms with Gasteiger partial charge in [-0.05, 0) is 90.1 Å². The zero-order chi connectivity index (χ0) is 52.3. The van der Waals surface area contributed by atoms with Gasteiger partial charge >= 0.3 is 100 Å². The van der Waals surface area contributed by atoms with Crippen LogP contribution in [0.5, 0.6) is 23.0 Å². The average Bonchev–Trinajstić information content (AvgIpc) is 3.36. The summed E-state index contributed by atoms with van der Waals surface area (Å²) in [5.74, 6) is -2.00. The summed E-state index contributed by atoms with van der Waals surface area (Å²) in [6, 6.07) is 20.4. The summed E-state index contributed by atoms with van der Waals surface area (Å²) in [6.07, 6.45) is 8.12. The number of hydrogen-bond donors (Lipinski definition) is 1. The van der Waals surface area contributed by atoms with E-state index >= 15 is 0 Å². The molecule has 0 radical (unpaired) electrons. The number of hydrogen-bond acceptors (Lipinski definition) is 18. The number of carbonyl (C=O) groups excluding carboxylic acids is 10. The minimum absolute atomic E-state index is 0. The first-order valence-electron chi connectivity index (χ1n) is 22.2. The number of halogens is 2. The van der Waals surface area contributed by atoms with E-state index < -0.39 is 30.0 Å². The van der Waals surface area contributed by atoms with Crippen molar-refractivity contribution in [2.24, 2.45) is 0 Å². The Balaban J connectivity index is -0.00000123. The summed E-state index contributed by atoms with van der Waals surface area (Å²) in [7, 11) is 0. The van der Waals surface area contributed by atoms with Gasteiger partial charge < -0.3 is 51.1 Å². The second-order valence-electron chi connectivity index (χ2n) is 15.8. The number of allylic oxidation sites excluding steroid dienone is 6. The van der Waals surface area contributed by atoms with E-state index in [4.69, 9.17) is 42.9 Å². The summed E-state index contributed by atoms with van der Waals surface area (Å²) < 4.78 is 41.9. The molecule has 0 saturated carbocycles. The Bertz CT molecular complexity index is 2960. The Morgan fingerprint density at radius 2 is 1.00 bits per heavy atom. The molecule has 4 aromatic rings. The van der Waals surface area contributed by atoms with Crippen LogP contribution in [-0.4, -0.2) is 116 Å². The monoisotopic (exact) mass is 1110 g/mol. The summed E-state index contributed by atoms with van der Waals surface area (Å²) in [4.78, 5) is 105. The fourth-order valence-corrected chi connectivity index (χ4v) is 7.88. The molecule has 0 aliphatic heterocycles. The summed E-state index contributed by atoms with van der Waals surface area (Å²) >= 11 is 0. The van der Waals surface area contributed by atoms with Crippen LogP contribution < -0.4 is 94.4 Å². The number of ketones is 4.